The number of likely N-dealkylation sites (N-methyl/N-ethyl adjacent to an activating group) is 1. The maximum Gasteiger partial charge on any atom is 0.0991 e. The zero-order valence-corrected chi connectivity index (χ0v) is 11.7. The molecule has 2 aromatic carbocycles. The number of hydrogen-bond acceptors (Lipinski definition) is 2. The van der Waals surface area contributed by atoms with E-state index in [0.717, 1.165) is 24.9 Å². The molecule has 0 aliphatic heterocycles. The van der Waals surface area contributed by atoms with Gasteiger partial charge in [0.1, 0.15) is 0 Å². The minimum atomic E-state index is 0.586. The van der Waals surface area contributed by atoms with E-state index >= 15 is 0 Å². The average Bonchev–Trinajstić information content (AvgIpc) is 2.92. The minimum Gasteiger partial charge on any atom is -0.299 e. The van der Waals surface area contributed by atoms with E-state index in [4.69, 9.17) is 5.26 Å². The molecule has 0 aromatic heterocycles. The predicted molar refractivity (Wildman–Crippen MR) is 80.3 cm³/mol. The topological polar surface area (TPSA) is 27.0 Å². The van der Waals surface area contributed by atoms with Crippen molar-refractivity contribution in [3.05, 3.63) is 70.8 Å². The van der Waals surface area contributed by atoms with Crippen LogP contribution in [0.1, 0.15) is 22.3 Å². The summed E-state index contributed by atoms with van der Waals surface area (Å²) < 4.78 is 0. The molecule has 0 amide bonds. The van der Waals surface area contributed by atoms with Gasteiger partial charge >= 0.3 is 0 Å². The fourth-order valence-corrected chi connectivity index (χ4v) is 2.95. The van der Waals surface area contributed by atoms with E-state index in [1.165, 1.54) is 16.7 Å². The molecule has 0 unspecified atom stereocenters. The molecular formula is C18H18N2. The highest BCUT2D eigenvalue weighted by Crippen LogP contribution is 2.25. The lowest BCUT2D eigenvalue weighted by atomic mass is 10.1. The fraction of sp³-hybridized carbons (Fsp3) is 0.278. The molecule has 20 heavy (non-hydrogen) atoms. The number of benzene rings is 2. The highest BCUT2D eigenvalue weighted by molar-refractivity contribution is 5.34. The summed E-state index contributed by atoms with van der Waals surface area (Å²) in [5.41, 5.74) is 4.97. The lowest BCUT2D eigenvalue weighted by molar-refractivity contribution is 0.241. The Labute approximate surface area is 120 Å². The number of rotatable bonds is 3. The first kappa shape index (κ1) is 12.9. The van der Waals surface area contributed by atoms with Crippen LogP contribution in [0.4, 0.5) is 0 Å². The quantitative estimate of drug-likeness (QED) is 0.849. The van der Waals surface area contributed by atoms with Crippen molar-refractivity contribution in [3.63, 3.8) is 0 Å². The average molecular weight is 262 g/mol. The Bertz CT molecular complexity index is 612. The highest BCUT2D eigenvalue weighted by Gasteiger charge is 2.24. The van der Waals surface area contributed by atoms with Gasteiger partial charge in [0, 0.05) is 12.6 Å². The Morgan fingerprint density at radius 2 is 1.65 bits per heavy atom. The molecular weight excluding hydrogens is 244 g/mol. The number of nitrogens with zero attached hydrogens (tertiary/aromatic N) is 2. The lowest BCUT2D eigenvalue weighted by Gasteiger charge is -2.24. The smallest absolute Gasteiger partial charge is 0.0991 e. The van der Waals surface area contributed by atoms with Gasteiger partial charge < -0.3 is 0 Å². The van der Waals surface area contributed by atoms with Crippen molar-refractivity contribution >= 4 is 0 Å². The molecule has 0 radical (unpaired) electrons. The lowest BCUT2D eigenvalue weighted by Crippen LogP contribution is -2.31. The Morgan fingerprint density at radius 1 is 1.05 bits per heavy atom. The third kappa shape index (κ3) is 2.59. The molecule has 3 rings (SSSR count). The molecule has 2 heteroatoms. The van der Waals surface area contributed by atoms with Gasteiger partial charge in [-0.25, -0.2) is 0 Å². The van der Waals surface area contributed by atoms with Crippen LogP contribution in [-0.4, -0.2) is 18.0 Å². The second-order valence-corrected chi connectivity index (χ2v) is 5.55. The standard InChI is InChI=1S/C18H18N2/c1-20(13-15-8-6-14(12-19)7-9-15)18-10-16-4-2-3-5-17(16)11-18/h2-9,18H,10-11,13H2,1H3. The zero-order valence-electron chi connectivity index (χ0n) is 11.7. The molecule has 100 valence electrons. The first-order valence-electron chi connectivity index (χ1n) is 7.02. The van der Waals surface area contributed by atoms with Gasteiger partial charge in [-0.15, -0.1) is 0 Å². The van der Waals surface area contributed by atoms with Gasteiger partial charge in [-0.05, 0) is 48.7 Å². The van der Waals surface area contributed by atoms with Gasteiger partial charge in [0.25, 0.3) is 0 Å². The van der Waals surface area contributed by atoms with Crippen LogP contribution in [0, 0.1) is 11.3 Å². The molecule has 0 fully saturated rings. The van der Waals surface area contributed by atoms with Gasteiger partial charge in [0.15, 0.2) is 0 Å². The van der Waals surface area contributed by atoms with Crippen LogP contribution in [0.25, 0.3) is 0 Å². The van der Waals surface area contributed by atoms with Gasteiger partial charge in [0.2, 0.25) is 0 Å². The van der Waals surface area contributed by atoms with E-state index in [9.17, 15) is 0 Å². The summed E-state index contributed by atoms with van der Waals surface area (Å²) >= 11 is 0. The molecule has 0 saturated heterocycles. The normalized spacial score (nSPS) is 14.2. The summed E-state index contributed by atoms with van der Waals surface area (Å²) in [6, 6.07) is 19.4. The Kier molecular flexibility index (Phi) is 3.54. The largest absolute Gasteiger partial charge is 0.299 e. The molecule has 2 nitrogen and oxygen atoms in total. The summed E-state index contributed by atoms with van der Waals surface area (Å²) in [7, 11) is 2.19. The predicted octanol–water partition coefficient (Wildman–Crippen LogP) is 3.16. The van der Waals surface area contributed by atoms with Crippen LogP contribution in [0.15, 0.2) is 48.5 Å². The molecule has 0 atom stereocenters. The number of fused-ring (bicyclic) bond motifs is 1. The summed E-state index contributed by atoms with van der Waals surface area (Å²) in [6.45, 7) is 0.935. The first-order valence-corrected chi connectivity index (χ1v) is 7.02. The van der Waals surface area contributed by atoms with Crippen LogP contribution >= 0.6 is 0 Å². The van der Waals surface area contributed by atoms with Crippen molar-refractivity contribution < 1.29 is 0 Å². The third-order valence-corrected chi connectivity index (χ3v) is 4.17. The summed E-state index contributed by atoms with van der Waals surface area (Å²) in [6.07, 6.45) is 2.28. The van der Waals surface area contributed by atoms with Crippen molar-refractivity contribution in [1.82, 2.24) is 4.90 Å². The van der Waals surface area contributed by atoms with Crippen molar-refractivity contribution in [2.75, 3.05) is 7.05 Å². The first-order chi connectivity index (χ1) is 9.76. The molecule has 0 heterocycles. The van der Waals surface area contributed by atoms with Crippen LogP contribution in [-0.2, 0) is 19.4 Å². The van der Waals surface area contributed by atoms with Crippen LogP contribution < -0.4 is 0 Å². The van der Waals surface area contributed by atoms with Crippen molar-refractivity contribution in [2.24, 2.45) is 0 Å². The molecule has 1 aliphatic rings. The SMILES string of the molecule is CN(Cc1ccc(C#N)cc1)C1Cc2ccccc2C1. The van der Waals surface area contributed by atoms with Crippen LogP contribution in [0.2, 0.25) is 0 Å². The van der Waals surface area contributed by atoms with E-state index in [2.05, 4.69) is 54.4 Å². The third-order valence-electron chi connectivity index (χ3n) is 4.17. The Morgan fingerprint density at radius 3 is 2.20 bits per heavy atom. The zero-order chi connectivity index (χ0) is 13.9. The van der Waals surface area contributed by atoms with Gasteiger partial charge in [-0.1, -0.05) is 36.4 Å². The van der Waals surface area contributed by atoms with Gasteiger partial charge in [-0.3, -0.25) is 4.90 Å². The Balaban J connectivity index is 1.66. The van der Waals surface area contributed by atoms with Crippen molar-refractivity contribution in [2.45, 2.75) is 25.4 Å². The van der Waals surface area contributed by atoms with Crippen molar-refractivity contribution in [1.29, 1.82) is 5.26 Å². The molecule has 0 bridgehead atoms. The van der Waals surface area contributed by atoms with Crippen LogP contribution in [0.3, 0.4) is 0 Å². The maximum atomic E-state index is 8.82. The number of hydrogen-bond donors (Lipinski definition) is 0. The Hall–Kier alpha value is -2.11. The summed E-state index contributed by atoms with van der Waals surface area (Å²) in [5.74, 6) is 0. The van der Waals surface area contributed by atoms with E-state index < -0.39 is 0 Å². The highest BCUT2D eigenvalue weighted by atomic mass is 15.1. The van der Waals surface area contributed by atoms with E-state index in [-0.39, 0.29) is 0 Å². The number of nitriles is 1. The molecule has 2 aromatic rings. The fourth-order valence-electron chi connectivity index (χ4n) is 2.95. The van der Waals surface area contributed by atoms with E-state index in [1.807, 2.05) is 12.1 Å². The van der Waals surface area contributed by atoms with Gasteiger partial charge in [0.05, 0.1) is 11.6 Å². The molecule has 0 saturated carbocycles. The second kappa shape index (κ2) is 5.48. The minimum absolute atomic E-state index is 0.586. The van der Waals surface area contributed by atoms with E-state index in [1.54, 1.807) is 0 Å². The summed E-state index contributed by atoms with van der Waals surface area (Å²) in [4.78, 5) is 2.42. The molecule has 1 aliphatic carbocycles. The summed E-state index contributed by atoms with van der Waals surface area (Å²) in [5, 5.41) is 8.82. The second-order valence-electron chi connectivity index (χ2n) is 5.55. The molecule has 0 spiro atoms. The monoisotopic (exact) mass is 262 g/mol. The molecule has 0 N–H and O–H groups in total. The van der Waals surface area contributed by atoms with E-state index in [0.29, 0.717) is 6.04 Å². The van der Waals surface area contributed by atoms with Gasteiger partial charge in [-0.2, -0.15) is 5.26 Å². The van der Waals surface area contributed by atoms with Crippen molar-refractivity contribution in [3.8, 4) is 6.07 Å². The maximum absolute atomic E-state index is 8.82. The van der Waals surface area contributed by atoms with Crippen LogP contribution in [0.5, 0.6) is 0 Å².